The first-order valence-electron chi connectivity index (χ1n) is 11.7. The summed E-state index contributed by atoms with van der Waals surface area (Å²) in [5, 5.41) is 3.46. The third-order valence-corrected chi connectivity index (χ3v) is 6.20. The Balaban J connectivity index is 1.32. The Kier molecular flexibility index (Phi) is 9.88. The van der Waals surface area contributed by atoms with E-state index in [1.807, 2.05) is 0 Å². The van der Waals surface area contributed by atoms with E-state index in [4.69, 9.17) is 19.2 Å². The summed E-state index contributed by atoms with van der Waals surface area (Å²) >= 11 is 0. The molecule has 28 heavy (non-hydrogen) atoms. The van der Waals surface area contributed by atoms with Gasteiger partial charge in [-0.15, -0.1) is 0 Å². The molecule has 1 aliphatic carbocycles. The minimum atomic E-state index is 0.384. The highest BCUT2D eigenvalue weighted by Gasteiger charge is 2.24. The van der Waals surface area contributed by atoms with E-state index in [2.05, 4.69) is 17.1 Å². The standard InChI is InChI=1S/C22H41N3O3/c1-2-23-22(24-12-5-15-27-21-10-16-26-17-11-21)25-13-8-20(9-14-25)28-18-19-6-3-4-7-19/h19-21H,2-18H2,1H3,(H,23,24). The Bertz CT molecular complexity index is 440. The summed E-state index contributed by atoms with van der Waals surface area (Å²) in [4.78, 5) is 7.24. The van der Waals surface area contributed by atoms with Crippen LogP contribution in [0.1, 0.15) is 64.7 Å². The topological polar surface area (TPSA) is 55.3 Å². The van der Waals surface area contributed by atoms with Gasteiger partial charge >= 0.3 is 0 Å². The Morgan fingerprint density at radius 3 is 2.43 bits per heavy atom. The van der Waals surface area contributed by atoms with Gasteiger partial charge in [0.15, 0.2) is 5.96 Å². The van der Waals surface area contributed by atoms with Crippen molar-refractivity contribution in [3.63, 3.8) is 0 Å². The molecule has 6 nitrogen and oxygen atoms in total. The number of hydrogen-bond acceptors (Lipinski definition) is 4. The predicted octanol–water partition coefficient (Wildman–Crippen LogP) is 3.21. The summed E-state index contributed by atoms with van der Waals surface area (Å²) in [6.45, 7) is 9.41. The first-order chi connectivity index (χ1) is 13.8. The maximum atomic E-state index is 6.21. The summed E-state index contributed by atoms with van der Waals surface area (Å²) in [5.41, 5.74) is 0. The molecule has 1 saturated carbocycles. The molecule has 0 aromatic carbocycles. The zero-order valence-electron chi connectivity index (χ0n) is 17.9. The smallest absolute Gasteiger partial charge is 0.193 e. The summed E-state index contributed by atoms with van der Waals surface area (Å²) in [5.74, 6) is 1.88. The van der Waals surface area contributed by atoms with Gasteiger partial charge in [-0.2, -0.15) is 0 Å². The molecule has 2 aliphatic heterocycles. The second-order valence-corrected chi connectivity index (χ2v) is 8.44. The molecule has 0 atom stereocenters. The van der Waals surface area contributed by atoms with Gasteiger partial charge in [-0.05, 0) is 57.8 Å². The van der Waals surface area contributed by atoms with Crippen LogP contribution in [0.5, 0.6) is 0 Å². The monoisotopic (exact) mass is 395 g/mol. The summed E-state index contributed by atoms with van der Waals surface area (Å²) in [6, 6.07) is 0. The van der Waals surface area contributed by atoms with Gasteiger partial charge in [0, 0.05) is 52.6 Å². The highest BCUT2D eigenvalue weighted by Crippen LogP contribution is 2.26. The number of guanidine groups is 1. The molecule has 0 spiro atoms. The van der Waals surface area contributed by atoms with Crippen LogP contribution in [-0.4, -0.2) is 75.7 Å². The molecule has 0 aromatic heterocycles. The van der Waals surface area contributed by atoms with Crippen molar-refractivity contribution in [1.82, 2.24) is 10.2 Å². The van der Waals surface area contributed by atoms with E-state index >= 15 is 0 Å². The van der Waals surface area contributed by atoms with Crippen molar-refractivity contribution in [2.45, 2.75) is 76.9 Å². The molecule has 6 heteroatoms. The average Bonchev–Trinajstić information content (AvgIpc) is 3.26. The fourth-order valence-corrected chi connectivity index (χ4v) is 4.45. The number of piperidine rings is 1. The van der Waals surface area contributed by atoms with Crippen LogP contribution in [0.25, 0.3) is 0 Å². The van der Waals surface area contributed by atoms with Crippen molar-refractivity contribution in [3.8, 4) is 0 Å². The SMILES string of the molecule is CCNC(=NCCCOC1CCOCC1)N1CCC(OCC2CCCC2)CC1. The van der Waals surface area contributed by atoms with E-state index < -0.39 is 0 Å². The van der Waals surface area contributed by atoms with Crippen molar-refractivity contribution in [1.29, 1.82) is 0 Å². The third-order valence-electron chi connectivity index (χ3n) is 6.20. The Labute approximate surface area is 171 Å². The van der Waals surface area contributed by atoms with E-state index in [0.29, 0.717) is 12.2 Å². The van der Waals surface area contributed by atoms with Gasteiger partial charge in [-0.25, -0.2) is 0 Å². The van der Waals surface area contributed by atoms with Crippen LogP contribution in [0.3, 0.4) is 0 Å². The van der Waals surface area contributed by atoms with Gasteiger partial charge in [0.1, 0.15) is 0 Å². The highest BCUT2D eigenvalue weighted by molar-refractivity contribution is 5.80. The molecule has 0 bridgehead atoms. The number of ether oxygens (including phenoxy) is 3. The molecule has 1 N–H and O–H groups in total. The molecule has 2 saturated heterocycles. The molecule has 2 heterocycles. The van der Waals surface area contributed by atoms with Crippen LogP contribution >= 0.6 is 0 Å². The maximum Gasteiger partial charge on any atom is 0.193 e. The molecule has 0 unspecified atom stereocenters. The first kappa shape index (κ1) is 21.8. The fraction of sp³-hybridized carbons (Fsp3) is 0.955. The third kappa shape index (κ3) is 7.53. The predicted molar refractivity (Wildman–Crippen MR) is 113 cm³/mol. The van der Waals surface area contributed by atoms with Gasteiger partial charge in [0.05, 0.1) is 12.2 Å². The lowest BCUT2D eigenvalue weighted by atomic mass is 10.1. The summed E-state index contributed by atoms with van der Waals surface area (Å²) < 4.78 is 17.5. The summed E-state index contributed by atoms with van der Waals surface area (Å²) in [7, 11) is 0. The fourth-order valence-electron chi connectivity index (χ4n) is 4.45. The number of nitrogens with one attached hydrogen (secondary N) is 1. The van der Waals surface area contributed by atoms with Gasteiger partial charge in [0.25, 0.3) is 0 Å². The van der Waals surface area contributed by atoms with Crippen LogP contribution in [0.15, 0.2) is 4.99 Å². The number of hydrogen-bond donors (Lipinski definition) is 1. The molecule has 3 fully saturated rings. The molecule has 3 aliphatic rings. The summed E-state index contributed by atoms with van der Waals surface area (Å²) in [6.07, 6.45) is 11.6. The Hall–Kier alpha value is -0.850. The van der Waals surface area contributed by atoms with Crippen LogP contribution in [0.4, 0.5) is 0 Å². The Morgan fingerprint density at radius 2 is 1.71 bits per heavy atom. The van der Waals surface area contributed by atoms with E-state index in [-0.39, 0.29) is 0 Å². The van der Waals surface area contributed by atoms with Gasteiger partial charge in [-0.1, -0.05) is 12.8 Å². The number of nitrogens with zero attached hydrogens (tertiary/aromatic N) is 2. The zero-order chi connectivity index (χ0) is 19.4. The van der Waals surface area contributed by atoms with Crippen molar-refractivity contribution >= 4 is 5.96 Å². The number of rotatable bonds is 9. The lowest BCUT2D eigenvalue weighted by Crippen LogP contribution is -2.47. The molecular formula is C22H41N3O3. The second-order valence-electron chi connectivity index (χ2n) is 8.44. The number of likely N-dealkylation sites (tertiary alicyclic amines) is 1. The van der Waals surface area contributed by atoms with E-state index in [9.17, 15) is 0 Å². The molecule has 3 rings (SSSR count). The van der Waals surface area contributed by atoms with Crippen LogP contribution in [0, 0.1) is 5.92 Å². The lowest BCUT2D eigenvalue weighted by Gasteiger charge is -2.34. The van der Waals surface area contributed by atoms with Gasteiger partial charge in [-0.3, -0.25) is 4.99 Å². The lowest BCUT2D eigenvalue weighted by molar-refractivity contribution is -0.0318. The van der Waals surface area contributed by atoms with E-state index in [1.54, 1.807) is 0 Å². The first-order valence-corrected chi connectivity index (χ1v) is 11.7. The van der Waals surface area contributed by atoms with Crippen molar-refractivity contribution in [2.75, 3.05) is 52.6 Å². The van der Waals surface area contributed by atoms with Crippen molar-refractivity contribution in [2.24, 2.45) is 10.9 Å². The van der Waals surface area contributed by atoms with Gasteiger partial charge in [0.2, 0.25) is 0 Å². The highest BCUT2D eigenvalue weighted by atomic mass is 16.5. The minimum Gasteiger partial charge on any atom is -0.381 e. The molecular weight excluding hydrogens is 354 g/mol. The van der Waals surface area contributed by atoms with E-state index in [0.717, 1.165) is 96.6 Å². The van der Waals surface area contributed by atoms with Crippen LogP contribution in [-0.2, 0) is 14.2 Å². The average molecular weight is 396 g/mol. The van der Waals surface area contributed by atoms with E-state index in [1.165, 1.54) is 25.7 Å². The maximum absolute atomic E-state index is 6.21. The molecule has 162 valence electrons. The van der Waals surface area contributed by atoms with Crippen molar-refractivity contribution in [3.05, 3.63) is 0 Å². The van der Waals surface area contributed by atoms with Gasteiger partial charge < -0.3 is 24.4 Å². The van der Waals surface area contributed by atoms with Crippen molar-refractivity contribution < 1.29 is 14.2 Å². The van der Waals surface area contributed by atoms with Crippen LogP contribution < -0.4 is 5.32 Å². The minimum absolute atomic E-state index is 0.384. The zero-order valence-corrected chi connectivity index (χ0v) is 17.9. The normalized spacial score (nSPS) is 23.5. The largest absolute Gasteiger partial charge is 0.381 e. The van der Waals surface area contributed by atoms with Crippen LogP contribution in [0.2, 0.25) is 0 Å². The molecule has 0 radical (unpaired) electrons. The second kappa shape index (κ2) is 12.7. The Morgan fingerprint density at radius 1 is 1.00 bits per heavy atom. The quantitative estimate of drug-likeness (QED) is 0.369. The molecule has 0 amide bonds. The number of aliphatic imine (C=N–C) groups is 1. The molecule has 0 aromatic rings.